The number of rotatable bonds is 5. The highest BCUT2D eigenvalue weighted by atomic mass is 35.5. The molecule has 1 N–H and O–H groups in total. The van der Waals surface area contributed by atoms with Crippen LogP contribution in [-0.4, -0.2) is 40.6 Å². The molecule has 1 aromatic heterocycles. The van der Waals surface area contributed by atoms with Crippen LogP contribution < -0.4 is 5.32 Å². The Hall–Kier alpha value is -2.84. The second kappa shape index (κ2) is 8.89. The molecule has 9 heteroatoms. The Morgan fingerprint density at radius 3 is 2.67 bits per heavy atom. The number of aromatic nitrogens is 2. The van der Waals surface area contributed by atoms with E-state index in [-0.39, 0.29) is 29.2 Å². The molecule has 0 radical (unpaired) electrons. The summed E-state index contributed by atoms with van der Waals surface area (Å²) in [7, 11) is 0. The van der Waals surface area contributed by atoms with Gasteiger partial charge in [-0.05, 0) is 56.3 Å². The maximum absolute atomic E-state index is 13.4. The van der Waals surface area contributed by atoms with Gasteiger partial charge in [0.25, 0.3) is 0 Å². The molecule has 0 saturated carbocycles. The Bertz CT molecular complexity index is 1050. The summed E-state index contributed by atoms with van der Waals surface area (Å²) in [5.74, 6) is -0.0493. The zero-order valence-electron chi connectivity index (χ0n) is 15.9. The number of likely N-dealkylation sites (tertiary alicyclic amines) is 1. The van der Waals surface area contributed by atoms with Crippen molar-refractivity contribution in [3.05, 3.63) is 65.0 Å². The molecule has 2 heterocycles. The lowest BCUT2D eigenvalue weighted by molar-refractivity contribution is -0.117. The molecule has 6 nitrogen and oxygen atoms in total. The molecule has 156 valence electrons. The average molecular weight is 433 g/mol. The van der Waals surface area contributed by atoms with Gasteiger partial charge < -0.3 is 9.84 Å². The van der Waals surface area contributed by atoms with Crippen molar-refractivity contribution in [1.82, 2.24) is 15.0 Å². The molecule has 1 aliphatic rings. The van der Waals surface area contributed by atoms with Gasteiger partial charge in [0.1, 0.15) is 11.6 Å². The van der Waals surface area contributed by atoms with E-state index >= 15 is 0 Å². The number of benzene rings is 2. The fourth-order valence-corrected chi connectivity index (χ4v) is 3.68. The van der Waals surface area contributed by atoms with Crippen LogP contribution in [0.3, 0.4) is 0 Å². The number of piperidine rings is 1. The summed E-state index contributed by atoms with van der Waals surface area (Å²) >= 11 is 5.95. The van der Waals surface area contributed by atoms with Crippen molar-refractivity contribution in [1.29, 1.82) is 0 Å². The second-order valence-electron chi connectivity index (χ2n) is 7.19. The number of anilines is 1. The van der Waals surface area contributed by atoms with E-state index in [9.17, 15) is 13.6 Å². The van der Waals surface area contributed by atoms with Gasteiger partial charge in [0.05, 0.1) is 17.3 Å². The summed E-state index contributed by atoms with van der Waals surface area (Å²) in [5, 5.41) is 6.82. The molecule has 0 atom stereocenters. The number of nitrogens with one attached hydrogen (secondary N) is 1. The van der Waals surface area contributed by atoms with Crippen LogP contribution in [0.1, 0.15) is 24.7 Å². The average Bonchev–Trinajstić information content (AvgIpc) is 3.21. The molecule has 3 aromatic rings. The Morgan fingerprint density at radius 1 is 1.17 bits per heavy atom. The molecule has 0 bridgehead atoms. The molecule has 1 saturated heterocycles. The Morgan fingerprint density at radius 2 is 1.93 bits per heavy atom. The molecular formula is C21H19ClF2N4O2. The van der Waals surface area contributed by atoms with E-state index in [1.807, 2.05) is 4.90 Å². The van der Waals surface area contributed by atoms with Gasteiger partial charge in [0.15, 0.2) is 0 Å². The molecule has 1 fully saturated rings. The lowest BCUT2D eigenvalue weighted by Gasteiger charge is -2.29. The minimum absolute atomic E-state index is 0.0886. The highest BCUT2D eigenvalue weighted by molar-refractivity contribution is 6.33. The molecule has 1 amide bonds. The van der Waals surface area contributed by atoms with Crippen molar-refractivity contribution in [2.75, 3.05) is 25.0 Å². The molecule has 0 spiro atoms. The Kier molecular flexibility index (Phi) is 6.06. The summed E-state index contributed by atoms with van der Waals surface area (Å²) in [4.78, 5) is 18.7. The van der Waals surface area contributed by atoms with E-state index in [0.29, 0.717) is 36.1 Å². The first kappa shape index (κ1) is 20.4. The van der Waals surface area contributed by atoms with Gasteiger partial charge in [-0.1, -0.05) is 28.9 Å². The van der Waals surface area contributed by atoms with Crippen molar-refractivity contribution >= 4 is 23.2 Å². The second-order valence-corrected chi connectivity index (χ2v) is 7.60. The molecule has 0 aliphatic carbocycles. The minimum Gasteiger partial charge on any atom is -0.339 e. The van der Waals surface area contributed by atoms with E-state index < -0.39 is 5.82 Å². The number of halogens is 3. The number of hydrogen-bond acceptors (Lipinski definition) is 5. The zero-order chi connectivity index (χ0) is 21.1. The van der Waals surface area contributed by atoms with Crippen molar-refractivity contribution in [3.8, 4) is 11.4 Å². The van der Waals surface area contributed by atoms with Gasteiger partial charge in [-0.2, -0.15) is 4.98 Å². The first-order chi connectivity index (χ1) is 14.5. The minimum atomic E-state index is -0.457. The maximum atomic E-state index is 13.4. The van der Waals surface area contributed by atoms with Crippen LogP contribution in [0.4, 0.5) is 14.5 Å². The number of amides is 1. The summed E-state index contributed by atoms with van der Waals surface area (Å²) < 4.78 is 31.9. The molecule has 1 aliphatic heterocycles. The molecule has 30 heavy (non-hydrogen) atoms. The van der Waals surface area contributed by atoms with Crippen molar-refractivity contribution in [2.24, 2.45) is 0 Å². The maximum Gasteiger partial charge on any atom is 0.238 e. The van der Waals surface area contributed by atoms with E-state index in [2.05, 4.69) is 15.5 Å². The van der Waals surface area contributed by atoms with E-state index in [0.717, 1.165) is 18.9 Å². The van der Waals surface area contributed by atoms with Crippen LogP contribution in [-0.2, 0) is 4.79 Å². The third-order valence-corrected chi connectivity index (χ3v) is 5.35. The fraction of sp³-hybridized carbons (Fsp3) is 0.286. The van der Waals surface area contributed by atoms with Crippen LogP contribution >= 0.6 is 11.6 Å². The van der Waals surface area contributed by atoms with Gasteiger partial charge in [-0.25, -0.2) is 8.78 Å². The summed E-state index contributed by atoms with van der Waals surface area (Å²) in [6, 6.07) is 9.90. The molecule has 2 aromatic carbocycles. The third kappa shape index (κ3) is 4.83. The number of hydrogen-bond donors (Lipinski definition) is 1. The third-order valence-electron chi connectivity index (χ3n) is 5.03. The molecular weight excluding hydrogens is 414 g/mol. The van der Waals surface area contributed by atoms with Gasteiger partial charge in [-0.15, -0.1) is 0 Å². The van der Waals surface area contributed by atoms with Crippen molar-refractivity contribution in [3.63, 3.8) is 0 Å². The summed E-state index contributed by atoms with van der Waals surface area (Å²) in [6.07, 6.45) is 1.52. The van der Waals surface area contributed by atoms with Gasteiger partial charge in [-0.3, -0.25) is 9.69 Å². The van der Waals surface area contributed by atoms with Gasteiger partial charge >= 0.3 is 0 Å². The van der Waals surface area contributed by atoms with Crippen LogP contribution in [0, 0.1) is 11.6 Å². The van der Waals surface area contributed by atoms with Crippen LogP contribution in [0.2, 0.25) is 5.02 Å². The molecule has 0 unspecified atom stereocenters. The zero-order valence-corrected chi connectivity index (χ0v) is 16.7. The topological polar surface area (TPSA) is 71.3 Å². The first-order valence-corrected chi connectivity index (χ1v) is 9.92. The van der Waals surface area contributed by atoms with Gasteiger partial charge in [0, 0.05) is 11.5 Å². The van der Waals surface area contributed by atoms with Crippen LogP contribution in [0.25, 0.3) is 11.4 Å². The van der Waals surface area contributed by atoms with Crippen molar-refractivity contribution in [2.45, 2.75) is 18.8 Å². The number of nitrogens with zero attached hydrogens (tertiary/aromatic N) is 3. The van der Waals surface area contributed by atoms with Gasteiger partial charge in [0.2, 0.25) is 17.6 Å². The number of carbonyl (C=O) groups is 1. The first-order valence-electron chi connectivity index (χ1n) is 9.55. The van der Waals surface area contributed by atoms with Crippen LogP contribution in [0.15, 0.2) is 47.0 Å². The van der Waals surface area contributed by atoms with E-state index in [1.54, 1.807) is 12.1 Å². The Balaban J connectivity index is 1.30. The summed E-state index contributed by atoms with van der Waals surface area (Å²) in [6.45, 7) is 1.58. The predicted molar refractivity (Wildman–Crippen MR) is 108 cm³/mol. The Labute approximate surface area is 176 Å². The normalized spacial score (nSPS) is 15.3. The van der Waals surface area contributed by atoms with Crippen molar-refractivity contribution < 1.29 is 18.1 Å². The standard InChI is InChI=1S/C21H19ClF2N4O2/c22-17-11-16(24)4-5-18(17)25-19(29)12-28-8-6-13(7-9-28)21-26-20(27-30-21)14-2-1-3-15(23)10-14/h1-5,10-11,13H,6-9,12H2,(H,25,29). The highest BCUT2D eigenvalue weighted by Crippen LogP contribution is 2.29. The van der Waals surface area contributed by atoms with E-state index in [4.69, 9.17) is 16.1 Å². The smallest absolute Gasteiger partial charge is 0.238 e. The monoisotopic (exact) mass is 432 g/mol. The van der Waals surface area contributed by atoms with E-state index in [1.165, 1.54) is 24.3 Å². The lowest BCUT2D eigenvalue weighted by Crippen LogP contribution is -2.38. The number of carbonyl (C=O) groups excluding carboxylic acids is 1. The predicted octanol–water partition coefficient (Wildman–Crippen LogP) is 4.49. The van der Waals surface area contributed by atoms with Crippen LogP contribution in [0.5, 0.6) is 0 Å². The summed E-state index contributed by atoms with van der Waals surface area (Å²) in [5.41, 5.74) is 0.951. The lowest BCUT2D eigenvalue weighted by atomic mass is 9.97. The molecule has 4 rings (SSSR count). The SMILES string of the molecule is O=C(CN1CCC(c2nc(-c3cccc(F)c3)no2)CC1)Nc1ccc(F)cc1Cl. The fourth-order valence-electron chi connectivity index (χ4n) is 3.47. The largest absolute Gasteiger partial charge is 0.339 e. The quantitative estimate of drug-likeness (QED) is 0.643. The highest BCUT2D eigenvalue weighted by Gasteiger charge is 2.26.